The Hall–Kier alpha value is -1.88. The summed E-state index contributed by atoms with van der Waals surface area (Å²) in [7, 11) is 1.53. The minimum Gasteiger partial charge on any atom is -0.496 e. The number of methoxy groups -OCH3 is 1. The van der Waals surface area contributed by atoms with Crippen LogP contribution in [0, 0.1) is 5.92 Å². The Labute approximate surface area is 119 Å². The maximum absolute atomic E-state index is 12.3. The number of ether oxygens (including phenoxy) is 1. The van der Waals surface area contributed by atoms with Crippen LogP contribution < -0.4 is 10.5 Å². The molecule has 0 unspecified atom stereocenters. The van der Waals surface area contributed by atoms with Gasteiger partial charge in [-0.3, -0.25) is 14.5 Å². The normalized spacial score (nSPS) is 10.8. The van der Waals surface area contributed by atoms with Crippen LogP contribution in [0.3, 0.4) is 0 Å². The lowest BCUT2D eigenvalue weighted by atomic mass is 10.1. The fourth-order valence-corrected chi connectivity index (χ4v) is 2.09. The molecule has 5 nitrogen and oxygen atoms in total. The van der Waals surface area contributed by atoms with Crippen molar-refractivity contribution >= 4 is 11.7 Å². The third kappa shape index (κ3) is 5.01. The Bertz CT molecular complexity index is 472. The average Bonchev–Trinajstić information content (AvgIpc) is 2.36. The van der Waals surface area contributed by atoms with Crippen LogP contribution in [-0.4, -0.2) is 43.3 Å². The molecule has 2 N–H and O–H groups in total. The van der Waals surface area contributed by atoms with Crippen molar-refractivity contribution in [3.05, 3.63) is 29.8 Å². The number of amides is 1. The van der Waals surface area contributed by atoms with Crippen molar-refractivity contribution in [1.29, 1.82) is 0 Å². The third-order valence-corrected chi connectivity index (χ3v) is 2.78. The number of hydrogen-bond donors (Lipinski definition) is 1. The molecule has 0 aliphatic carbocycles. The molecule has 0 bridgehead atoms. The molecule has 0 saturated carbocycles. The van der Waals surface area contributed by atoms with E-state index in [0.717, 1.165) is 0 Å². The highest BCUT2D eigenvalue weighted by molar-refractivity contribution is 6.00. The van der Waals surface area contributed by atoms with E-state index in [2.05, 4.69) is 0 Å². The number of hydrogen-bond acceptors (Lipinski definition) is 4. The van der Waals surface area contributed by atoms with E-state index in [9.17, 15) is 9.59 Å². The standard InChI is InChI=1S/C15H22N2O3/c1-11(2)8-17(10-15(16)19)9-13(18)12-6-4-5-7-14(12)20-3/h4-7,11H,8-10H2,1-3H3,(H2,16,19). The van der Waals surface area contributed by atoms with Gasteiger partial charge in [-0.05, 0) is 18.1 Å². The van der Waals surface area contributed by atoms with Gasteiger partial charge in [0.15, 0.2) is 5.78 Å². The van der Waals surface area contributed by atoms with E-state index in [4.69, 9.17) is 10.5 Å². The molecule has 0 saturated heterocycles. The Morgan fingerprint density at radius 2 is 1.90 bits per heavy atom. The zero-order valence-corrected chi connectivity index (χ0v) is 12.3. The summed E-state index contributed by atoms with van der Waals surface area (Å²) in [5.74, 6) is 0.378. The molecule has 0 aliphatic heterocycles. The first-order chi connectivity index (χ1) is 9.43. The number of para-hydroxylation sites is 1. The summed E-state index contributed by atoms with van der Waals surface area (Å²) in [5.41, 5.74) is 5.74. The van der Waals surface area contributed by atoms with Gasteiger partial charge in [0, 0.05) is 6.54 Å². The molecular formula is C15H22N2O3. The Kier molecular flexibility index (Phi) is 6.18. The van der Waals surface area contributed by atoms with Crippen molar-refractivity contribution in [2.45, 2.75) is 13.8 Å². The van der Waals surface area contributed by atoms with Gasteiger partial charge in [-0.2, -0.15) is 0 Å². The summed E-state index contributed by atoms with van der Waals surface area (Å²) in [6.07, 6.45) is 0. The van der Waals surface area contributed by atoms with Crippen LogP contribution in [0.25, 0.3) is 0 Å². The van der Waals surface area contributed by atoms with Crippen LogP contribution in [0.4, 0.5) is 0 Å². The fraction of sp³-hybridized carbons (Fsp3) is 0.467. The van der Waals surface area contributed by atoms with E-state index in [0.29, 0.717) is 23.8 Å². The zero-order chi connectivity index (χ0) is 15.1. The van der Waals surface area contributed by atoms with E-state index in [-0.39, 0.29) is 18.9 Å². The molecule has 1 rings (SSSR count). The van der Waals surface area contributed by atoms with Crippen molar-refractivity contribution < 1.29 is 14.3 Å². The second-order valence-electron chi connectivity index (χ2n) is 5.15. The number of benzene rings is 1. The quantitative estimate of drug-likeness (QED) is 0.728. The molecule has 1 aromatic carbocycles. The molecule has 0 fully saturated rings. The lowest BCUT2D eigenvalue weighted by Gasteiger charge is -2.22. The third-order valence-electron chi connectivity index (χ3n) is 2.78. The zero-order valence-electron chi connectivity index (χ0n) is 12.3. The first-order valence-electron chi connectivity index (χ1n) is 6.61. The van der Waals surface area contributed by atoms with Crippen LogP contribution in [0.2, 0.25) is 0 Å². The second-order valence-corrected chi connectivity index (χ2v) is 5.15. The molecule has 0 aliphatic rings. The van der Waals surface area contributed by atoms with Crippen molar-refractivity contribution in [2.24, 2.45) is 11.7 Å². The summed E-state index contributed by atoms with van der Waals surface area (Å²) < 4.78 is 5.18. The number of carbonyl (C=O) groups excluding carboxylic acids is 2. The van der Waals surface area contributed by atoms with Crippen molar-refractivity contribution in [3.8, 4) is 5.75 Å². The summed E-state index contributed by atoms with van der Waals surface area (Å²) in [5, 5.41) is 0. The first-order valence-corrected chi connectivity index (χ1v) is 6.61. The molecule has 1 amide bonds. The topological polar surface area (TPSA) is 72.6 Å². The van der Waals surface area contributed by atoms with Crippen LogP contribution in [0.1, 0.15) is 24.2 Å². The van der Waals surface area contributed by atoms with E-state index < -0.39 is 5.91 Å². The average molecular weight is 278 g/mol. The maximum atomic E-state index is 12.3. The monoisotopic (exact) mass is 278 g/mol. The largest absolute Gasteiger partial charge is 0.496 e. The van der Waals surface area contributed by atoms with Crippen LogP contribution in [0.5, 0.6) is 5.75 Å². The van der Waals surface area contributed by atoms with E-state index in [1.165, 1.54) is 7.11 Å². The SMILES string of the molecule is COc1ccccc1C(=O)CN(CC(N)=O)CC(C)C. The molecule has 110 valence electrons. The van der Waals surface area contributed by atoms with Gasteiger partial charge in [-0.15, -0.1) is 0 Å². The predicted octanol–water partition coefficient (Wildman–Crippen LogP) is 1.32. The van der Waals surface area contributed by atoms with E-state index in [1.54, 1.807) is 23.1 Å². The summed E-state index contributed by atoms with van der Waals surface area (Å²) >= 11 is 0. The minimum absolute atomic E-state index is 0.0793. The number of carbonyl (C=O) groups is 2. The van der Waals surface area contributed by atoms with Crippen molar-refractivity contribution in [1.82, 2.24) is 4.90 Å². The van der Waals surface area contributed by atoms with E-state index in [1.807, 2.05) is 19.9 Å². The lowest BCUT2D eigenvalue weighted by molar-refractivity contribution is -0.119. The summed E-state index contributed by atoms with van der Waals surface area (Å²) in [6.45, 7) is 4.94. The number of nitrogens with two attached hydrogens (primary N) is 1. The smallest absolute Gasteiger partial charge is 0.231 e. The molecule has 0 radical (unpaired) electrons. The number of Topliss-reactive ketones (excluding diaryl/α,β-unsaturated/α-hetero) is 1. The number of ketones is 1. The van der Waals surface area contributed by atoms with Gasteiger partial charge >= 0.3 is 0 Å². The van der Waals surface area contributed by atoms with Gasteiger partial charge in [0.2, 0.25) is 5.91 Å². The summed E-state index contributed by atoms with van der Waals surface area (Å²) in [6, 6.07) is 7.06. The molecule has 0 spiro atoms. The second kappa shape index (κ2) is 7.65. The van der Waals surface area contributed by atoms with Crippen molar-refractivity contribution in [2.75, 3.05) is 26.7 Å². The highest BCUT2D eigenvalue weighted by atomic mass is 16.5. The number of rotatable bonds is 8. The van der Waals surface area contributed by atoms with Gasteiger partial charge in [-0.1, -0.05) is 26.0 Å². The molecule has 0 aromatic heterocycles. The van der Waals surface area contributed by atoms with Gasteiger partial charge in [0.1, 0.15) is 5.75 Å². The number of primary amides is 1. The first kappa shape index (κ1) is 16.2. The van der Waals surface area contributed by atoms with Crippen LogP contribution in [0.15, 0.2) is 24.3 Å². The lowest BCUT2D eigenvalue weighted by Crippen LogP contribution is -2.39. The van der Waals surface area contributed by atoms with Gasteiger partial charge in [0.05, 0.1) is 25.8 Å². The summed E-state index contributed by atoms with van der Waals surface area (Å²) in [4.78, 5) is 25.2. The molecule has 1 aromatic rings. The van der Waals surface area contributed by atoms with Crippen molar-refractivity contribution in [3.63, 3.8) is 0 Å². The van der Waals surface area contributed by atoms with Gasteiger partial charge in [0.25, 0.3) is 0 Å². The Balaban J connectivity index is 2.81. The Morgan fingerprint density at radius 1 is 1.25 bits per heavy atom. The number of nitrogens with zero attached hydrogens (tertiary/aromatic N) is 1. The fourth-order valence-electron chi connectivity index (χ4n) is 2.09. The van der Waals surface area contributed by atoms with Crippen LogP contribution in [-0.2, 0) is 4.79 Å². The molecular weight excluding hydrogens is 256 g/mol. The maximum Gasteiger partial charge on any atom is 0.231 e. The molecule has 20 heavy (non-hydrogen) atoms. The minimum atomic E-state index is -0.432. The van der Waals surface area contributed by atoms with Gasteiger partial charge < -0.3 is 10.5 Å². The predicted molar refractivity (Wildman–Crippen MR) is 77.8 cm³/mol. The highest BCUT2D eigenvalue weighted by Gasteiger charge is 2.18. The van der Waals surface area contributed by atoms with Crippen LogP contribution >= 0.6 is 0 Å². The van der Waals surface area contributed by atoms with Gasteiger partial charge in [-0.25, -0.2) is 0 Å². The highest BCUT2D eigenvalue weighted by Crippen LogP contribution is 2.18. The molecule has 0 heterocycles. The Morgan fingerprint density at radius 3 is 2.45 bits per heavy atom. The molecule has 5 heteroatoms. The van der Waals surface area contributed by atoms with E-state index >= 15 is 0 Å². The molecule has 0 atom stereocenters.